The minimum atomic E-state index is -0.00101. The first-order valence-corrected chi connectivity index (χ1v) is 10.9. The second-order valence-electron chi connectivity index (χ2n) is 7.71. The van der Waals surface area contributed by atoms with E-state index in [1.54, 1.807) is 0 Å². The molecule has 0 saturated carbocycles. The Kier molecular flexibility index (Phi) is 8.11. The zero-order chi connectivity index (χ0) is 20.5. The molecule has 0 radical (unpaired) electrons. The highest BCUT2D eigenvalue weighted by atomic mass is 16.5. The van der Waals surface area contributed by atoms with Crippen LogP contribution in [0.5, 0.6) is 5.75 Å². The molecule has 1 saturated heterocycles. The van der Waals surface area contributed by atoms with E-state index in [2.05, 4.69) is 16.3 Å². The van der Waals surface area contributed by atoms with E-state index in [-0.39, 0.29) is 11.8 Å². The predicted molar refractivity (Wildman–Crippen MR) is 114 cm³/mol. The van der Waals surface area contributed by atoms with Crippen LogP contribution in [0.1, 0.15) is 49.4 Å². The Balaban J connectivity index is 1.40. The molecular weight excluding hydrogens is 366 g/mol. The molecule has 1 heterocycles. The van der Waals surface area contributed by atoms with E-state index in [9.17, 15) is 9.59 Å². The molecule has 1 aromatic carbocycles. The molecule has 0 aromatic heterocycles. The summed E-state index contributed by atoms with van der Waals surface area (Å²) >= 11 is 0. The topological polar surface area (TPSA) is 61.9 Å². The van der Waals surface area contributed by atoms with Crippen LogP contribution in [0.4, 0.5) is 0 Å². The molecule has 2 amide bonds. The van der Waals surface area contributed by atoms with Crippen LogP contribution in [0.15, 0.2) is 35.9 Å². The van der Waals surface area contributed by atoms with E-state index in [0.29, 0.717) is 50.6 Å². The van der Waals surface area contributed by atoms with Crippen LogP contribution in [0.25, 0.3) is 0 Å². The molecule has 0 spiro atoms. The quantitative estimate of drug-likeness (QED) is 0.683. The molecule has 6 heteroatoms. The molecule has 0 atom stereocenters. The van der Waals surface area contributed by atoms with Gasteiger partial charge in [0.25, 0.3) is 5.91 Å². The molecule has 29 heavy (non-hydrogen) atoms. The number of ether oxygens (including phenoxy) is 1. The summed E-state index contributed by atoms with van der Waals surface area (Å²) in [7, 11) is 0. The van der Waals surface area contributed by atoms with Gasteiger partial charge in [-0.05, 0) is 51.2 Å². The van der Waals surface area contributed by atoms with Crippen molar-refractivity contribution >= 4 is 11.8 Å². The Morgan fingerprint density at radius 2 is 1.90 bits per heavy atom. The van der Waals surface area contributed by atoms with Crippen molar-refractivity contribution in [1.82, 2.24) is 15.1 Å². The average molecular weight is 400 g/mol. The van der Waals surface area contributed by atoms with Gasteiger partial charge in [-0.3, -0.25) is 14.5 Å². The number of carbonyl (C=O) groups is 2. The lowest BCUT2D eigenvalue weighted by Gasteiger charge is -2.34. The normalized spacial score (nSPS) is 17.6. The Hall–Kier alpha value is -2.34. The summed E-state index contributed by atoms with van der Waals surface area (Å²) in [4.78, 5) is 29.1. The number of allylic oxidation sites excluding steroid dienone is 1. The maximum Gasteiger partial charge on any atom is 0.257 e. The number of para-hydroxylation sites is 1. The lowest BCUT2D eigenvalue weighted by molar-refractivity contribution is -0.122. The molecule has 1 N–H and O–H groups in total. The second-order valence-corrected chi connectivity index (χ2v) is 7.71. The van der Waals surface area contributed by atoms with Crippen LogP contribution in [0, 0.1) is 0 Å². The molecule has 1 fully saturated rings. The van der Waals surface area contributed by atoms with Crippen molar-refractivity contribution in [2.24, 2.45) is 0 Å². The standard InChI is InChI=1S/C23H33N3O3/c1-2-29-21-11-7-6-10-20(21)23(28)26-16-14-25(15-17-26)18-22(27)24-13-12-19-8-4-3-5-9-19/h6-8,10-11H,2-5,9,12-18H2,1H3,(H,24,27). The predicted octanol–water partition coefficient (Wildman–Crippen LogP) is 2.85. The van der Waals surface area contributed by atoms with Gasteiger partial charge < -0.3 is 15.0 Å². The minimum absolute atomic E-state index is 0.00101. The largest absolute Gasteiger partial charge is 0.493 e. The average Bonchev–Trinajstić information content (AvgIpc) is 2.75. The van der Waals surface area contributed by atoms with Gasteiger partial charge in [-0.1, -0.05) is 23.8 Å². The molecule has 3 rings (SSSR count). The third-order valence-electron chi connectivity index (χ3n) is 5.60. The van der Waals surface area contributed by atoms with Crippen molar-refractivity contribution in [3.63, 3.8) is 0 Å². The fraction of sp³-hybridized carbons (Fsp3) is 0.565. The van der Waals surface area contributed by atoms with Gasteiger partial charge in [0, 0.05) is 32.7 Å². The van der Waals surface area contributed by atoms with E-state index in [1.807, 2.05) is 36.1 Å². The summed E-state index contributed by atoms with van der Waals surface area (Å²) in [5.41, 5.74) is 2.09. The number of amides is 2. The zero-order valence-electron chi connectivity index (χ0n) is 17.5. The number of benzene rings is 1. The van der Waals surface area contributed by atoms with Crippen LogP contribution < -0.4 is 10.1 Å². The number of hydrogen-bond donors (Lipinski definition) is 1. The Labute approximate surface area is 173 Å². The third kappa shape index (κ3) is 6.32. The van der Waals surface area contributed by atoms with Crippen molar-refractivity contribution in [3.8, 4) is 5.75 Å². The van der Waals surface area contributed by atoms with E-state index < -0.39 is 0 Å². The maximum atomic E-state index is 12.9. The zero-order valence-corrected chi connectivity index (χ0v) is 17.5. The highest BCUT2D eigenvalue weighted by Gasteiger charge is 2.25. The van der Waals surface area contributed by atoms with E-state index in [0.717, 1.165) is 13.0 Å². The van der Waals surface area contributed by atoms with Crippen molar-refractivity contribution in [1.29, 1.82) is 0 Å². The van der Waals surface area contributed by atoms with E-state index >= 15 is 0 Å². The van der Waals surface area contributed by atoms with Crippen LogP contribution in [0.2, 0.25) is 0 Å². The third-order valence-corrected chi connectivity index (χ3v) is 5.60. The number of nitrogens with one attached hydrogen (secondary N) is 1. The highest BCUT2D eigenvalue weighted by Crippen LogP contribution is 2.21. The number of hydrogen-bond acceptors (Lipinski definition) is 4. The molecule has 158 valence electrons. The van der Waals surface area contributed by atoms with Crippen molar-refractivity contribution in [2.75, 3.05) is 45.9 Å². The van der Waals surface area contributed by atoms with Gasteiger partial charge >= 0.3 is 0 Å². The smallest absolute Gasteiger partial charge is 0.257 e. The SMILES string of the molecule is CCOc1ccccc1C(=O)N1CCN(CC(=O)NCCC2=CCCCC2)CC1. The molecule has 0 bridgehead atoms. The minimum Gasteiger partial charge on any atom is -0.493 e. The lowest BCUT2D eigenvalue weighted by atomic mass is 9.97. The van der Waals surface area contributed by atoms with Crippen LogP contribution in [0.3, 0.4) is 0 Å². The molecule has 6 nitrogen and oxygen atoms in total. The van der Waals surface area contributed by atoms with Crippen molar-refractivity contribution < 1.29 is 14.3 Å². The van der Waals surface area contributed by atoms with Gasteiger partial charge in [-0.25, -0.2) is 0 Å². The van der Waals surface area contributed by atoms with Gasteiger partial charge in [-0.15, -0.1) is 0 Å². The summed E-state index contributed by atoms with van der Waals surface area (Å²) in [5, 5.41) is 3.04. The monoisotopic (exact) mass is 399 g/mol. The fourth-order valence-corrected chi connectivity index (χ4v) is 3.96. The van der Waals surface area contributed by atoms with Gasteiger partial charge in [0.05, 0.1) is 18.7 Å². The summed E-state index contributed by atoms with van der Waals surface area (Å²) in [6.07, 6.45) is 8.22. The number of piperazine rings is 1. The molecule has 1 aromatic rings. The van der Waals surface area contributed by atoms with Crippen LogP contribution in [-0.2, 0) is 4.79 Å². The Morgan fingerprint density at radius 1 is 1.10 bits per heavy atom. The van der Waals surface area contributed by atoms with Gasteiger partial charge in [0.1, 0.15) is 5.75 Å². The summed E-state index contributed by atoms with van der Waals surface area (Å²) in [5.74, 6) is 0.705. The molecule has 2 aliphatic rings. The number of carbonyl (C=O) groups excluding carboxylic acids is 2. The molecule has 0 unspecified atom stereocenters. The molecular formula is C23H33N3O3. The van der Waals surface area contributed by atoms with Gasteiger partial charge in [0.2, 0.25) is 5.91 Å². The first-order valence-electron chi connectivity index (χ1n) is 10.9. The van der Waals surface area contributed by atoms with Gasteiger partial charge in [0.15, 0.2) is 0 Å². The van der Waals surface area contributed by atoms with Gasteiger partial charge in [-0.2, -0.15) is 0 Å². The summed E-state index contributed by atoms with van der Waals surface area (Å²) in [6, 6.07) is 7.39. The lowest BCUT2D eigenvalue weighted by Crippen LogP contribution is -2.51. The summed E-state index contributed by atoms with van der Waals surface area (Å²) < 4.78 is 5.59. The summed E-state index contributed by atoms with van der Waals surface area (Å²) in [6.45, 7) is 6.23. The first kappa shape index (κ1) is 21.4. The van der Waals surface area contributed by atoms with Crippen molar-refractivity contribution in [2.45, 2.75) is 39.0 Å². The van der Waals surface area contributed by atoms with Crippen molar-refractivity contribution in [3.05, 3.63) is 41.5 Å². The van der Waals surface area contributed by atoms with E-state index in [1.165, 1.54) is 31.3 Å². The maximum absolute atomic E-state index is 12.9. The first-order chi connectivity index (χ1) is 14.2. The number of nitrogens with zero attached hydrogens (tertiary/aromatic N) is 2. The molecule has 1 aliphatic carbocycles. The van der Waals surface area contributed by atoms with Crippen LogP contribution >= 0.6 is 0 Å². The Morgan fingerprint density at radius 3 is 2.62 bits per heavy atom. The second kappa shape index (κ2) is 11.0. The molecule has 1 aliphatic heterocycles. The highest BCUT2D eigenvalue weighted by molar-refractivity contribution is 5.97. The van der Waals surface area contributed by atoms with Crippen LogP contribution in [-0.4, -0.2) is 67.5 Å². The Bertz CT molecular complexity index is 724. The van der Waals surface area contributed by atoms with E-state index in [4.69, 9.17) is 4.74 Å². The number of rotatable bonds is 8. The fourth-order valence-electron chi connectivity index (χ4n) is 3.96.